The number of aryl methyl sites for hydroxylation is 1. The second kappa shape index (κ2) is 7.47. The van der Waals surface area contributed by atoms with Gasteiger partial charge in [0.1, 0.15) is 10.7 Å². The third-order valence-electron chi connectivity index (χ3n) is 4.50. The van der Waals surface area contributed by atoms with Crippen molar-refractivity contribution < 1.29 is 4.74 Å². The zero-order chi connectivity index (χ0) is 18.8. The first-order valence-electron chi connectivity index (χ1n) is 8.93. The van der Waals surface area contributed by atoms with Crippen molar-refractivity contribution in [1.29, 1.82) is 0 Å². The molecule has 2 heterocycles. The van der Waals surface area contributed by atoms with Crippen LogP contribution in [0.15, 0.2) is 59.4 Å². The normalized spacial score (nSPS) is 11.2. The highest BCUT2D eigenvalue weighted by molar-refractivity contribution is 7.19. The Kier molecular flexibility index (Phi) is 4.88. The van der Waals surface area contributed by atoms with Crippen LogP contribution in [0.4, 0.5) is 0 Å². The summed E-state index contributed by atoms with van der Waals surface area (Å²) in [6.07, 6.45) is 0. The van der Waals surface area contributed by atoms with Crippen molar-refractivity contribution in [3.05, 3.63) is 75.4 Å². The monoisotopic (exact) mass is 376 g/mol. The predicted octanol–water partition coefficient (Wildman–Crippen LogP) is 5.16. The number of aromatic amines is 1. The maximum absolute atomic E-state index is 12.9. The number of hydrogen-bond acceptors (Lipinski definition) is 4. The Morgan fingerprint density at radius 2 is 1.78 bits per heavy atom. The molecule has 0 unspecified atom stereocenters. The number of ether oxygens (including phenoxy) is 1. The molecule has 0 fully saturated rings. The Labute approximate surface area is 161 Å². The van der Waals surface area contributed by atoms with E-state index >= 15 is 0 Å². The lowest BCUT2D eigenvalue weighted by Crippen LogP contribution is -2.09. The van der Waals surface area contributed by atoms with Crippen LogP contribution in [0, 0.1) is 6.92 Å². The Morgan fingerprint density at radius 1 is 1.04 bits per heavy atom. The van der Waals surface area contributed by atoms with E-state index in [0.717, 1.165) is 32.0 Å². The predicted molar refractivity (Wildman–Crippen MR) is 111 cm³/mol. The molecule has 0 spiro atoms. The molecule has 0 amide bonds. The van der Waals surface area contributed by atoms with Gasteiger partial charge in [-0.25, -0.2) is 4.98 Å². The molecule has 0 radical (unpaired) electrons. The lowest BCUT2D eigenvalue weighted by atomic mass is 10.0. The van der Waals surface area contributed by atoms with Crippen LogP contribution in [0.1, 0.15) is 17.4 Å². The number of thiophene rings is 1. The molecule has 2 aromatic carbocycles. The van der Waals surface area contributed by atoms with Gasteiger partial charge in [-0.15, -0.1) is 11.3 Å². The second-order valence-electron chi connectivity index (χ2n) is 6.33. The van der Waals surface area contributed by atoms with Crippen LogP contribution in [0.2, 0.25) is 0 Å². The minimum absolute atomic E-state index is 0.100. The third-order valence-corrected chi connectivity index (χ3v) is 5.50. The Bertz CT molecular complexity index is 1130. The minimum atomic E-state index is -0.100. The Balaban J connectivity index is 1.78. The van der Waals surface area contributed by atoms with Crippen molar-refractivity contribution in [3.63, 3.8) is 0 Å². The number of hydrogen-bond donors (Lipinski definition) is 1. The van der Waals surface area contributed by atoms with E-state index in [0.29, 0.717) is 24.4 Å². The second-order valence-corrected chi connectivity index (χ2v) is 7.53. The van der Waals surface area contributed by atoms with Gasteiger partial charge in [-0.1, -0.05) is 54.6 Å². The molecule has 27 heavy (non-hydrogen) atoms. The lowest BCUT2D eigenvalue weighted by molar-refractivity contribution is 0.134. The summed E-state index contributed by atoms with van der Waals surface area (Å²) in [6.45, 7) is 5.29. The highest BCUT2D eigenvalue weighted by atomic mass is 32.1. The van der Waals surface area contributed by atoms with E-state index in [9.17, 15) is 4.79 Å². The molecule has 1 N–H and O–H groups in total. The van der Waals surface area contributed by atoms with Gasteiger partial charge in [0.05, 0.1) is 12.0 Å². The first-order chi connectivity index (χ1) is 13.2. The van der Waals surface area contributed by atoms with E-state index in [1.54, 1.807) is 11.3 Å². The fourth-order valence-electron chi connectivity index (χ4n) is 3.19. The summed E-state index contributed by atoms with van der Waals surface area (Å²) >= 11 is 1.56. The number of aromatic nitrogens is 2. The van der Waals surface area contributed by atoms with Crippen molar-refractivity contribution in [2.45, 2.75) is 20.5 Å². The molecule has 0 saturated heterocycles. The molecule has 4 rings (SSSR count). The molecule has 0 bridgehead atoms. The van der Waals surface area contributed by atoms with Gasteiger partial charge < -0.3 is 9.72 Å². The van der Waals surface area contributed by atoms with Crippen LogP contribution in [0.3, 0.4) is 0 Å². The number of fused-ring (bicyclic) bond motifs is 1. The first kappa shape index (κ1) is 17.6. The molecule has 136 valence electrons. The highest BCUT2D eigenvalue weighted by Gasteiger charge is 2.16. The third kappa shape index (κ3) is 3.44. The largest absolute Gasteiger partial charge is 0.377 e. The summed E-state index contributed by atoms with van der Waals surface area (Å²) in [6, 6.07) is 17.9. The molecule has 4 aromatic rings. The average Bonchev–Trinajstić information content (AvgIpc) is 3.04. The SMILES string of the molecule is CCOCc1ccc(-c2nc3sc(C)c(-c4ccccc4)c3c(=O)[nH]2)cc1. The number of nitrogens with zero attached hydrogens (tertiary/aromatic N) is 1. The molecule has 0 aliphatic carbocycles. The summed E-state index contributed by atoms with van der Waals surface area (Å²) in [5, 5.41) is 0.667. The number of nitrogens with one attached hydrogen (secondary N) is 1. The summed E-state index contributed by atoms with van der Waals surface area (Å²) < 4.78 is 5.43. The Morgan fingerprint density at radius 3 is 2.48 bits per heavy atom. The minimum Gasteiger partial charge on any atom is -0.377 e. The van der Waals surface area contributed by atoms with Gasteiger partial charge in [-0.3, -0.25) is 4.79 Å². The quantitative estimate of drug-likeness (QED) is 0.523. The van der Waals surface area contributed by atoms with Crippen molar-refractivity contribution in [2.75, 3.05) is 6.61 Å². The zero-order valence-corrected chi connectivity index (χ0v) is 16.1. The average molecular weight is 376 g/mol. The van der Waals surface area contributed by atoms with E-state index < -0.39 is 0 Å². The van der Waals surface area contributed by atoms with Crippen LogP contribution in [0.25, 0.3) is 32.7 Å². The van der Waals surface area contributed by atoms with Crippen LogP contribution in [-0.4, -0.2) is 16.6 Å². The van der Waals surface area contributed by atoms with Gasteiger partial charge >= 0.3 is 0 Å². The zero-order valence-electron chi connectivity index (χ0n) is 15.3. The van der Waals surface area contributed by atoms with E-state index in [4.69, 9.17) is 9.72 Å². The van der Waals surface area contributed by atoms with Gasteiger partial charge in [0, 0.05) is 22.6 Å². The molecule has 0 saturated carbocycles. The van der Waals surface area contributed by atoms with E-state index in [-0.39, 0.29) is 5.56 Å². The van der Waals surface area contributed by atoms with Crippen LogP contribution in [0.5, 0.6) is 0 Å². The summed E-state index contributed by atoms with van der Waals surface area (Å²) in [7, 11) is 0. The van der Waals surface area contributed by atoms with Crippen molar-refractivity contribution in [3.8, 4) is 22.5 Å². The summed E-state index contributed by atoms with van der Waals surface area (Å²) in [5.41, 5.74) is 3.91. The Hall–Kier alpha value is -2.76. The molecule has 0 aliphatic rings. The van der Waals surface area contributed by atoms with Crippen LogP contribution in [-0.2, 0) is 11.3 Å². The lowest BCUT2D eigenvalue weighted by Gasteiger charge is -2.05. The standard InChI is InChI=1S/C22H20N2O2S/c1-3-26-13-15-9-11-17(12-10-15)20-23-21(25)19-18(14(2)27-22(19)24-20)16-7-5-4-6-8-16/h4-12H,3,13H2,1-2H3,(H,23,24,25). The molecule has 0 aliphatic heterocycles. The van der Waals surface area contributed by atoms with Crippen LogP contribution >= 0.6 is 11.3 Å². The highest BCUT2D eigenvalue weighted by Crippen LogP contribution is 2.35. The maximum atomic E-state index is 12.9. The molecule has 2 aromatic heterocycles. The number of H-pyrrole nitrogens is 1. The summed E-state index contributed by atoms with van der Waals surface area (Å²) in [4.78, 5) is 22.4. The van der Waals surface area contributed by atoms with Gasteiger partial charge in [0.15, 0.2) is 0 Å². The summed E-state index contributed by atoms with van der Waals surface area (Å²) in [5.74, 6) is 0.594. The molecule has 0 atom stereocenters. The van der Waals surface area contributed by atoms with E-state index in [1.165, 1.54) is 0 Å². The fraction of sp³-hybridized carbons (Fsp3) is 0.182. The fourth-order valence-corrected chi connectivity index (χ4v) is 4.23. The number of benzene rings is 2. The van der Waals surface area contributed by atoms with E-state index in [1.807, 2.05) is 68.4 Å². The molecular formula is C22H20N2O2S. The first-order valence-corrected chi connectivity index (χ1v) is 9.75. The van der Waals surface area contributed by atoms with Gasteiger partial charge in [-0.05, 0) is 25.0 Å². The topological polar surface area (TPSA) is 55.0 Å². The molecular weight excluding hydrogens is 356 g/mol. The number of rotatable bonds is 5. The smallest absolute Gasteiger partial charge is 0.260 e. The maximum Gasteiger partial charge on any atom is 0.260 e. The molecule has 4 nitrogen and oxygen atoms in total. The molecule has 5 heteroatoms. The van der Waals surface area contributed by atoms with Crippen molar-refractivity contribution in [2.24, 2.45) is 0 Å². The van der Waals surface area contributed by atoms with Gasteiger partial charge in [0.2, 0.25) is 0 Å². The van der Waals surface area contributed by atoms with Crippen molar-refractivity contribution >= 4 is 21.6 Å². The van der Waals surface area contributed by atoms with Crippen LogP contribution < -0.4 is 5.56 Å². The van der Waals surface area contributed by atoms with Gasteiger partial charge in [0.25, 0.3) is 5.56 Å². The van der Waals surface area contributed by atoms with E-state index in [2.05, 4.69) is 4.98 Å². The van der Waals surface area contributed by atoms with Gasteiger partial charge in [-0.2, -0.15) is 0 Å². The van der Waals surface area contributed by atoms with Crippen molar-refractivity contribution in [1.82, 2.24) is 9.97 Å².